The zero-order valence-electron chi connectivity index (χ0n) is 19.0. The molecule has 35 heavy (non-hydrogen) atoms. The number of amides is 1. The number of hydrogen-bond acceptors (Lipinski definition) is 5. The Morgan fingerprint density at radius 1 is 1.06 bits per heavy atom. The van der Waals surface area contributed by atoms with Gasteiger partial charge in [0.25, 0.3) is 5.91 Å². The van der Waals surface area contributed by atoms with E-state index in [1.165, 1.54) is 25.3 Å². The molecule has 2 N–H and O–H groups in total. The number of rotatable bonds is 6. The maximum absolute atomic E-state index is 13.4. The molecule has 3 aromatic rings. The van der Waals surface area contributed by atoms with Gasteiger partial charge in [-0.2, -0.15) is 13.2 Å². The predicted molar refractivity (Wildman–Crippen MR) is 128 cm³/mol. The topological polar surface area (TPSA) is 84.0 Å². The van der Waals surface area contributed by atoms with Crippen LogP contribution >= 0.6 is 11.6 Å². The van der Waals surface area contributed by atoms with Crippen LogP contribution in [-0.2, 0) is 17.4 Å². The molecular formula is C25H24ClF3N4O2. The molecule has 2 heterocycles. The molecule has 0 bridgehead atoms. The minimum Gasteiger partial charge on any atom is -0.382 e. The molecule has 2 aromatic heterocycles. The van der Waals surface area contributed by atoms with Gasteiger partial charge in [0.05, 0.1) is 5.52 Å². The van der Waals surface area contributed by atoms with Gasteiger partial charge in [0.15, 0.2) is 0 Å². The number of alkyl halides is 3. The molecule has 0 aliphatic heterocycles. The molecule has 1 aromatic carbocycles. The summed E-state index contributed by atoms with van der Waals surface area (Å²) in [5.41, 5.74) is 0.579. The summed E-state index contributed by atoms with van der Waals surface area (Å²) in [4.78, 5) is 31.8. The van der Waals surface area contributed by atoms with Gasteiger partial charge in [-0.15, -0.1) is 0 Å². The Morgan fingerprint density at radius 3 is 2.46 bits per heavy atom. The Kier molecular flexibility index (Phi) is 7.25. The lowest BCUT2D eigenvalue weighted by Crippen LogP contribution is -2.40. The van der Waals surface area contributed by atoms with Crippen molar-refractivity contribution in [3.05, 3.63) is 64.6 Å². The Morgan fingerprint density at radius 2 is 1.77 bits per heavy atom. The molecule has 0 atom stereocenters. The van der Waals surface area contributed by atoms with Crippen molar-refractivity contribution >= 4 is 39.9 Å². The number of nitrogens with one attached hydrogen (secondary N) is 2. The largest absolute Gasteiger partial charge is 0.433 e. The number of hydrogen-bond donors (Lipinski definition) is 2. The number of halogens is 4. The van der Waals surface area contributed by atoms with Crippen molar-refractivity contribution in [3.63, 3.8) is 0 Å². The molecule has 0 spiro atoms. The number of aromatic nitrogens is 2. The molecule has 0 radical (unpaired) electrons. The number of pyridine rings is 2. The predicted octanol–water partition coefficient (Wildman–Crippen LogP) is 5.59. The van der Waals surface area contributed by atoms with E-state index in [2.05, 4.69) is 20.6 Å². The summed E-state index contributed by atoms with van der Waals surface area (Å²) < 4.78 is 40.1. The normalized spacial score (nSPS) is 18.3. The number of nitrogens with zero attached hydrogens (tertiary/aromatic N) is 2. The molecule has 184 valence electrons. The van der Waals surface area contributed by atoms with E-state index in [4.69, 9.17) is 11.6 Å². The van der Waals surface area contributed by atoms with Gasteiger partial charge in [-0.3, -0.25) is 14.6 Å². The number of benzene rings is 1. The van der Waals surface area contributed by atoms with Gasteiger partial charge in [0.2, 0.25) is 0 Å². The summed E-state index contributed by atoms with van der Waals surface area (Å²) >= 11 is 6.08. The summed E-state index contributed by atoms with van der Waals surface area (Å²) in [6, 6.07) is 8.72. The summed E-state index contributed by atoms with van der Waals surface area (Å²) in [7, 11) is 0. The average molecular weight is 505 g/mol. The minimum atomic E-state index is -4.57. The van der Waals surface area contributed by atoms with Gasteiger partial charge in [0, 0.05) is 52.1 Å². The Bertz CT molecular complexity index is 1260. The second-order valence-electron chi connectivity index (χ2n) is 8.80. The highest BCUT2D eigenvalue weighted by Crippen LogP contribution is 2.35. The molecular weight excluding hydrogens is 481 g/mol. The number of Topliss-reactive ketones (excluding diaryl/α,β-unsaturated/α-hetero) is 1. The van der Waals surface area contributed by atoms with Crippen LogP contribution in [0.5, 0.6) is 0 Å². The third-order valence-electron chi connectivity index (χ3n) is 5.99. The van der Waals surface area contributed by atoms with Crippen LogP contribution in [0, 0.1) is 0 Å². The van der Waals surface area contributed by atoms with Crippen LogP contribution in [0.15, 0.2) is 42.6 Å². The number of ketones is 1. The lowest BCUT2D eigenvalue weighted by Gasteiger charge is -2.30. The molecule has 0 unspecified atom stereocenters. The first-order valence-corrected chi connectivity index (χ1v) is 11.7. The molecule has 4 rings (SSSR count). The van der Waals surface area contributed by atoms with E-state index in [0.29, 0.717) is 53.0 Å². The SMILES string of the molecule is CC(=O)Cc1cc(C(=O)NC2CCC(Nc3cc(C(F)(F)F)nc4ccc(Cl)cc34)CC2)ccn1. The molecule has 1 aliphatic carbocycles. The van der Waals surface area contributed by atoms with Crippen LogP contribution in [0.2, 0.25) is 5.02 Å². The second kappa shape index (κ2) is 10.2. The lowest BCUT2D eigenvalue weighted by atomic mass is 9.90. The van der Waals surface area contributed by atoms with E-state index in [-0.39, 0.29) is 35.7 Å². The fraction of sp³-hybridized carbons (Fsp3) is 0.360. The van der Waals surface area contributed by atoms with Crippen LogP contribution in [0.4, 0.5) is 18.9 Å². The van der Waals surface area contributed by atoms with E-state index in [1.807, 2.05) is 0 Å². The molecule has 10 heteroatoms. The first-order valence-electron chi connectivity index (χ1n) is 11.3. The number of fused-ring (bicyclic) bond motifs is 1. The highest BCUT2D eigenvalue weighted by molar-refractivity contribution is 6.31. The first-order chi connectivity index (χ1) is 16.6. The fourth-order valence-electron chi connectivity index (χ4n) is 4.30. The average Bonchev–Trinajstić information content (AvgIpc) is 2.79. The highest BCUT2D eigenvalue weighted by Gasteiger charge is 2.34. The van der Waals surface area contributed by atoms with Gasteiger partial charge in [-0.05, 0) is 69.0 Å². The van der Waals surface area contributed by atoms with Crippen molar-refractivity contribution in [2.24, 2.45) is 0 Å². The second-order valence-corrected chi connectivity index (χ2v) is 9.23. The number of carbonyl (C=O) groups is 2. The van der Waals surface area contributed by atoms with Gasteiger partial charge in [-0.25, -0.2) is 4.98 Å². The van der Waals surface area contributed by atoms with Crippen LogP contribution < -0.4 is 10.6 Å². The summed E-state index contributed by atoms with van der Waals surface area (Å²) in [5, 5.41) is 7.19. The van der Waals surface area contributed by atoms with Crippen molar-refractivity contribution in [2.45, 2.75) is 57.3 Å². The van der Waals surface area contributed by atoms with Gasteiger partial charge < -0.3 is 10.6 Å². The van der Waals surface area contributed by atoms with Gasteiger partial charge in [-0.1, -0.05) is 11.6 Å². The van der Waals surface area contributed by atoms with Crippen LogP contribution in [0.1, 0.15) is 54.4 Å². The van der Waals surface area contributed by atoms with Crippen molar-refractivity contribution in [1.29, 1.82) is 0 Å². The molecule has 1 aliphatic rings. The summed E-state index contributed by atoms with van der Waals surface area (Å²) in [6.07, 6.45) is -0.207. The van der Waals surface area contributed by atoms with E-state index in [1.54, 1.807) is 18.2 Å². The molecule has 1 fully saturated rings. The highest BCUT2D eigenvalue weighted by atomic mass is 35.5. The van der Waals surface area contributed by atoms with E-state index >= 15 is 0 Å². The third-order valence-corrected chi connectivity index (χ3v) is 6.23. The van der Waals surface area contributed by atoms with Crippen molar-refractivity contribution < 1.29 is 22.8 Å². The van der Waals surface area contributed by atoms with Crippen molar-refractivity contribution in [1.82, 2.24) is 15.3 Å². The van der Waals surface area contributed by atoms with E-state index in [9.17, 15) is 22.8 Å². The fourth-order valence-corrected chi connectivity index (χ4v) is 4.48. The van der Waals surface area contributed by atoms with Gasteiger partial charge in [0.1, 0.15) is 11.5 Å². The maximum Gasteiger partial charge on any atom is 0.433 e. The van der Waals surface area contributed by atoms with Gasteiger partial charge >= 0.3 is 6.18 Å². The maximum atomic E-state index is 13.4. The first kappa shape index (κ1) is 24.9. The summed E-state index contributed by atoms with van der Waals surface area (Å²) in [6.45, 7) is 1.47. The van der Waals surface area contributed by atoms with Crippen LogP contribution in [0.3, 0.4) is 0 Å². The molecule has 0 saturated heterocycles. The number of carbonyl (C=O) groups excluding carboxylic acids is 2. The smallest absolute Gasteiger partial charge is 0.382 e. The van der Waals surface area contributed by atoms with E-state index in [0.717, 1.165) is 6.07 Å². The Labute approximate surface area is 205 Å². The Balaban J connectivity index is 1.41. The lowest BCUT2D eigenvalue weighted by molar-refractivity contribution is -0.140. The third kappa shape index (κ3) is 6.28. The molecule has 1 amide bonds. The van der Waals surface area contributed by atoms with E-state index < -0.39 is 11.9 Å². The van der Waals surface area contributed by atoms with Crippen LogP contribution in [-0.4, -0.2) is 33.7 Å². The van der Waals surface area contributed by atoms with Crippen molar-refractivity contribution in [2.75, 3.05) is 5.32 Å². The van der Waals surface area contributed by atoms with Crippen molar-refractivity contribution in [3.8, 4) is 0 Å². The zero-order valence-corrected chi connectivity index (χ0v) is 19.7. The molecule has 1 saturated carbocycles. The zero-order chi connectivity index (χ0) is 25.2. The monoisotopic (exact) mass is 504 g/mol. The van der Waals surface area contributed by atoms with Crippen LogP contribution in [0.25, 0.3) is 10.9 Å². The Hall–Kier alpha value is -3.20. The standard InChI is InChI=1S/C25H24ClF3N4O2/c1-14(34)10-19-11-15(8-9-30-19)24(35)32-18-5-3-17(4-6-18)31-22-13-23(25(27,28)29)33-21-7-2-16(26)12-20(21)22/h2,7-9,11-13,17-18H,3-6,10H2,1H3,(H,31,33)(H,32,35). The number of anilines is 1. The minimum absolute atomic E-state index is 0.0347. The quantitative estimate of drug-likeness (QED) is 0.457. The summed E-state index contributed by atoms with van der Waals surface area (Å²) in [5.74, 6) is -0.273. The molecule has 6 nitrogen and oxygen atoms in total.